The van der Waals surface area contributed by atoms with Gasteiger partial charge in [-0.3, -0.25) is 4.90 Å². The fourth-order valence-corrected chi connectivity index (χ4v) is 3.94. The second-order valence-corrected chi connectivity index (χ2v) is 6.47. The van der Waals surface area contributed by atoms with Crippen LogP contribution in [0.4, 0.5) is 0 Å². The summed E-state index contributed by atoms with van der Waals surface area (Å²) in [6.45, 7) is 3.84. The zero-order chi connectivity index (χ0) is 14.9. The quantitative estimate of drug-likeness (QED) is 0.854. The van der Waals surface area contributed by atoms with E-state index in [1.54, 1.807) is 0 Å². The lowest BCUT2D eigenvalue weighted by molar-refractivity contribution is -0.0791. The Morgan fingerprint density at radius 1 is 1.27 bits per heavy atom. The van der Waals surface area contributed by atoms with E-state index in [1.807, 2.05) is 31.2 Å². The maximum absolute atomic E-state index is 6.15. The fraction of sp³-hybridized carbons (Fsp3) is 0.625. The van der Waals surface area contributed by atoms with Crippen molar-refractivity contribution in [1.29, 1.82) is 0 Å². The van der Waals surface area contributed by atoms with E-state index >= 15 is 0 Å². The molecular weight excluding hydrogens is 278 g/mol. The van der Waals surface area contributed by atoms with E-state index in [-0.39, 0.29) is 0 Å². The minimum Gasteiger partial charge on any atom is -0.375 e. The fourth-order valence-electron chi connectivity index (χ4n) is 3.94. The summed E-state index contributed by atoms with van der Waals surface area (Å²) in [4.78, 5) is 11.0. The van der Waals surface area contributed by atoms with Crippen molar-refractivity contribution in [3.05, 3.63) is 36.9 Å². The molecule has 0 aromatic carbocycles. The van der Waals surface area contributed by atoms with Gasteiger partial charge in [0.1, 0.15) is 0 Å². The first kappa shape index (κ1) is 14.0. The number of ether oxygens (including phenoxy) is 1. The Labute approximate surface area is 130 Å². The van der Waals surface area contributed by atoms with E-state index in [0.717, 1.165) is 26.2 Å². The van der Waals surface area contributed by atoms with Gasteiger partial charge in [-0.2, -0.15) is 0 Å². The highest BCUT2D eigenvalue weighted by Gasteiger charge is 2.42. The normalized spacial score (nSPS) is 28.9. The number of hydrogen-bond acceptors (Lipinski definition) is 4. The van der Waals surface area contributed by atoms with Crippen LogP contribution in [-0.2, 0) is 24.9 Å². The van der Waals surface area contributed by atoms with Crippen molar-refractivity contribution in [2.45, 2.75) is 38.1 Å². The van der Waals surface area contributed by atoms with Crippen molar-refractivity contribution in [3.8, 4) is 0 Å². The minimum absolute atomic E-state index is 0.351. The maximum Gasteiger partial charge on any atom is 0.0946 e. The number of nitrogens with zero attached hydrogens (tertiary/aromatic N) is 5. The molecule has 0 N–H and O–H groups in total. The lowest BCUT2D eigenvalue weighted by Gasteiger charge is -2.39. The molecule has 2 aliphatic rings. The zero-order valence-corrected chi connectivity index (χ0v) is 13.0. The molecule has 2 aromatic heterocycles. The molecule has 22 heavy (non-hydrogen) atoms. The summed E-state index contributed by atoms with van der Waals surface area (Å²) >= 11 is 0. The van der Waals surface area contributed by atoms with Gasteiger partial charge in [-0.15, -0.1) is 0 Å². The Balaban J connectivity index is 1.45. The molecule has 1 saturated heterocycles. The van der Waals surface area contributed by atoms with E-state index < -0.39 is 0 Å². The van der Waals surface area contributed by atoms with Gasteiger partial charge in [-0.1, -0.05) is 0 Å². The van der Waals surface area contributed by atoms with Crippen LogP contribution in [0.5, 0.6) is 0 Å². The topological polar surface area (TPSA) is 48.1 Å². The Morgan fingerprint density at radius 2 is 2.23 bits per heavy atom. The average Bonchev–Trinajstić information content (AvgIpc) is 3.24. The first-order valence-electron chi connectivity index (χ1n) is 8.08. The van der Waals surface area contributed by atoms with Gasteiger partial charge in [0.25, 0.3) is 0 Å². The summed E-state index contributed by atoms with van der Waals surface area (Å²) in [7, 11) is 2.07. The third-order valence-corrected chi connectivity index (χ3v) is 5.12. The molecule has 6 nitrogen and oxygen atoms in total. The molecule has 3 atom stereocenters. The van der Waals surface area contributed by atoms with Crippen molar-refractivity contribution in [2.24, 2.45) is 13.0 Å². The number of aromatic nitrogens is 4. The second-order valence-electron chi connectivity index (χ2n) is 6.47. The predicted octanol–water partition coefficient (Wildman–Crippen LogP) is 1.30. The Kier molecular flexibility index (Phi) is 3.72. The molecule has 1 aliphatic heterocycles. The molecule has 4 rings (SSSR count). The van der Waals surface area contributed by atoms with Gasteiger partial charge < -0.3 is 13.9 Å². The molecule has 118 valence electrons. The van der Waals surface area contributed by atoms with Gasteiger partial charge in [-0.25, -0.2) is 9.97 Å². The van der Waals surface area contributed by atoms with Crippen molar-refractivity contribution in [2.75, 3.05) is 13.2 Å². The van der Waals surface area contributed by atoms with Gasteiger partial charge >= 0.3 is 0 Å². The SMILES string of the molecule is Cn1cncc1CN1CCO[C@@H]2[C@H](Cn3ccnc3)CC[C@H]21. The highest BCUT2D eigenvalue weighted by atomic mass is 16.5. The monoisotopic (exact) mass is 301 g/mol. The van der Waals surface area contributed by atoms with E-state index in [2.05, 4.69) is 31.0 Å². The number of fused-ring (bicyclic) bond motifs is 1. The Hall–Kier alpha value is -1.66. The molecule has 2 fully saturated rings. The van der Waals surface area contributed by atoms with Gasteiger partial charge in [-0.05, 0) is 12.8 Å². The van der Waals surface area contributed by atoms with Crippen molar-refractivity contribution >= 4 is 0 Å². The lowest BCUT2D eigenvalue weighted by atomic mass is 10.0. The molecular formula is C16H23N5O. The van der Waals surface area contributed by atoms with Crippen LogP contribution in [0.1, 0.15) is 18.5 Å². The van der Waals surface area contributed by atoms with Crippen LogP contribution in [0.15, 0.2) is 31.2 Å². The van der Waals surface area contributed by atoms with Gasteiger partial charge in [0.15, 0.2) is 0 Å². The van der Waals surface area contributed by atoms with Gasteiger partial charge in [0.05, 0.1) is 31.1 Å². The molecule has 6 heteroatoms. The molecule has 1 saturated carbocycles. The van der Waals surface area contributed by atoms with E-state index in [9.17, 15) is 0 Å². The van der Waals surface area contributed by atoms with Crippen LogP contribution >= 0.6 is 0 Å². The smallest absolute Gasteiger partial charge is 0.0946 e. The van der Waals surface area contributed by atoms with Crippen LogP contribution in [0.25, 0.3) is 0 Å². The molecule has 0 radical (unpaired) electrons. The molecule has 0 amide bonds. The number of rotatable bonds is 4. The predicted molar refractivity (Wildman–Crippen MR) is 82.1 cm³/mol. The van der Waals surface area contributed by atoms with E-state index in [1.165, 1.54) is 18.5 Å². The lowest BCUT2D eigenvalue weighted by Crippen LogP contribution is -2.50. The maximum atomic E-state index is 6.15. The molecule has 0 bridgehead atoms. The minimum atomic E-state index is 0.351. The first-order valence-corrected chi connectivity index (χ1v) is 8.08. The molecule has 0 spiro atoms. The standard InChI is InChI=1S/C16H23N5O/c1-19-11-18-8-14(19)10-21-6-7-22-16-13(2-3-15(16)21)9-20-5-4-17-12-20/h4-5,8,11-13,15-16H,2-3,6-7,9-10H2,1H3/t13-,15+,16+/m0/s1. The summed E-state index contributed by atoms with van der Waals surface area (Å²) in [5.74, 6) is 0.591. The van der Waals surface area contributed by atoms with Crippen molar-refractivity contribution in [3.63, 3.8) is 0 Å². The number of morpholine rings is 1. The molecule has 2 aromatic rings. The third kappa shape index (κ3) is 2.57. The van der Waals surface area contributed by atoms with Crippen molar-refractivity contribution < 1.29 is 4.74 Å². The number of imidazole rings is 2. The number of hydrogen-bond donors (Lipinski definition) is 0. The highest BCUT2D eigenvalue weighted by molar-refractivity contribution is 5.01. The van der Waals surface area contributed by atoms with Crippen LogP contribution in [0.2, 0.25) is 0 Å². The summed E-state index contributed by atoms with van der Waals surface area (Å²) in [6.07, 6.45) is 12.5. The second kappa shape index (κ2) is 5.85. The first-order chi connectivity index (χ1) is 10.8. The summed E-state index contributed by atoms with van der Waals surface area (Å²) in [6, 6.07) is 0.539. The highest BCUT2D eigenvalue weighted by Crippen LogP contribution is 2.36. The van der Waals surface area contributed by atoms with E-state index in [4.69, 9.17) is 4.74 Å². The van der Waals surface area contributed by atoms with Crippen molar-refractivity contribution in [1.82, 2.24) is 24.0 Å². The van der Waals surface area contributed by atoms with Crippen LogP contribution in [-0.4, -0.2) is 49.3 Å². The molecule has 1 aliphatic carbocycles. The zero-order valence-electron chi connectivity index (χ0n) is 13.0. The largest absolute Gasteiger partial charge is 0.375 e. The molecule has 0 unspecified atom stereocenters. The number of aryl methyl sites for hydroxylation is 1. The van der Waals surface area contributed by atoms with Gasteiger partial charge in [0, 0.05) is 57.2 Å². The summed E-state index contributed by atoms with van der Waals surface area (Å²) in [5.41, 5.74) is 1.28. The summed E-state index contributed by atoms with van der Waals surface area (Å²) in [5, 5.41) is 0. The Bertz CT molecular complexity index is 608. The van der Waals surface area contributed by atoms with Crippen LogP contribution in [0, 0.1) is 5.92 Å². The third-order valence-electron chi connectivity index (χ3n) is 5.12. The summed E-state index contributed by atoms with van der Waals surface area (Å²) < 4.78 is 10.4. The molecule has 3 heterocycles. The van der Waals surface area contributed by atoms with Crippen LogP contribution in [0.3, 0.4) is 0 Å². The van der Waals surface area contributed by atoms with Gasteiger partial charge in [0.2, 0.25) is 0 Å². The van der Waals surface area contributed by atoms with E-state index in [0.29, 0.717) is 18.1 Å². The average molecular weight is 301 g/mol. The van der Waals surface area contributed by atoms with Crippen LogP contribution < -0.4 is 0 Å². The Morgan fingerprint density at radius 3 is 3.00 bits per heavy atom.